The molecule has 0 aliphatic rings. The molecule has 102 valence electrons. The quantitative estimate of drug-likeness (QED) is 0.546. The zero-order valence-electron chi connectivity index (χ0n) is 12.1. The highest BCUT2D eigenvalue weighted by molar-refractivity contribution is 5.55. The number of anilines is 2. The van der Waals surface area contributed by atoms with Gasteiger partial charge in [-0.15, -0.1) is 13.2 Å². The molecule has 0 atom stereocenters. The Morgan fingerprint density at radius 3 is 1.53 bits per heavy atom. The van der Waals surface area contributed by atoms with Crippen LogP contribution in [0.4, 0.5) is 11.4 Å². The topological polar surface area (TPSA) is 52.0 Å². The van der Waals surface area contributed by atoms with Gasteiger partial charge >= 0.3 is 0 Å². The van der Waals surface area contributed by atoms with Crippen LogP contribution in [0.3, 0.4) is 0 Å². The Balaban J connectivity index is 0.000000303. The summed E-state index contributed by atoms with van der Waals surface area (Å²) in [6.07, 6.45) is 0. The fourth-order valence-electron chi connectivity index (χ4n) is 1.32. The van der Waals surface area contributed by atoms with Crippen LogP contribution in [0.2, 0.25) is 0 Å². The molecule has 2 nitrogen and oxygen atoms in total. The van der Waals surface area contributed by atoms with Gasteiger partial charge in [0.25, 0.3) is 0 Å². The van der Waals surface area contributed by atoms with Gasteiger partial charge in [-0.25, -0.2) is 0 Å². The second-order valence-corrected chi connectivity index (χ2v) is 4.20. The van der Waals surface area contributed by atoms with E-state index in [4.69, 9.17) is 11.5 Å². The minimum atomic E-state index is 0.720. The van der Waals surface area contributed by atoms with Crippen LogP contribution in [-0.4, -0.2) is 0 Å². The summed E-state index contributed by atoms with van der Waals surface area (Å²) in [5, 5.41) is 0. The Bertz CT molecular complexity index is 483. The Morgan fingerprint density at radius 2 is 1.21 bits per heavy atom. The van der Waals surface area contributed by atoms with Crippen LogP contribution >= 0.6 is 0 Å². The van der Waals surface area contributed by atoms with Gasteiger partial charge in [-0.05, 0) is 49.6 Å². The lowest BCUT2D eigenvalue weighted by Gasteiger charge is -1.98. The first-order valence-electron chi connectivity index (χ1n) is 6.14. The van der Waals surface area contributed by atoms with Crippen molar-refractivity contribution in [2.75, 3.05) is 11.5 Å². The summed E-state index contributed by atoms with van der Waals surface area (Å²) in [5.74, 6) is 0. The van der Waals surface area contributed by atoms with Gasteiger partial charge in [0, 0.05) is 11.4 Å². The molecule has 0 saturated heterocycles. The van der Waals surface area contributed by atoms with E-state index >= 15 is 0 Å². The molecule has 2 aromatic rings. The van der Waals surface area contributed by atoms with Crippen LogP contribution in [-0.2, 0) is 0 Å². The zero-order valence-corrected chi connectivity index (χ0v) is 12.1. The van der Waals surface area contributed by atoms with Crippen LogP contribution < -0.4 is 11.5 Å². The van der Waals surface area contributed by atoms with Gasteiger partial charge in [-0.1, -0.05) is 30.3 Å². The molecule has 0 unspecified atom stereocenters. The maximum absolute atomic E-state index is 5.54. The lowest BCUT2D eigenvalue weighted by molar-refractivity contribution is 1.34. The molecule has 2 heteroatoms. The van der Waals surface area contributed by atoms with Crippen molar-refractivity contribution in [1.82, 2.24) is 0 Å². The minimum Gasteiger partial charge on any atom is -0.399 e. The van der Waals surface area contributed by atoms with Crippen molar-refractivity contribution in [1.29, 1.82) is 0 Å². The highest BCUT2D eigenvalue weighted by Gasteiger charge is 1.90. The lowest BCUT2D eigenvalue weighted by Crippen LogP contribution is -1.91. The van der Waals surface area contributed by atoms with E-state index in [9.17, 15) is 0 Å². The molecule has 0 aliphatic carbocycles. The van der Waals surface area contributed by atoms with Crippen molar-refractivity contribution in [2.24, 2.45) is 0 Å². The SMILES string of the molecule is C=C.Cc1ccc(N)cc1N.Cc1ccccc1C. The van der Waals surface area contributed by atoms with Crippen LogP contribution in [0.5, 0.6) is 0 Å². The van der Waals surface area contributed by atoms with Crippen LogP contribution in [0.25, 0.3) is 0 Å². The predicted molar refractivity (Wildman–Crippen MR) is 87.2 cm³/mol. The van der Waals surface area contributed by atoms with E-state index in [-0.39, 0.29) is 0 Å². The number of nitrogens with two attached hydrogens (primary N) is 2. The summed E-state index contributed by atoms with van der Waals surface area (Å²) >= 11 is 0. The molecule has 0 saturated carbocycles. The summed E-state index contributed by atoms with van der Waals surface area (Å²) in [6.45, 7) is 12.2. The average molecular weight is 256 g/mol. The van der Waals surface area contributed by atoms with Crippen molar-refractivity contribution in [2.45, 2.75) is 20.8 Å². The maximum atomic E-state index is 5.54. The molecule has 19 heavy (non-hydrogen) atoms. The second kappa shape index (κ2) is 8.81. The van der Waals surface area contributed by atoms with Crippen molar-refractivity contribution in [3.63, 3.8) is 0 Å². The number of benzene rings is 2. The molecule has 0 amide bonds. The molecule has 0 fully saturated rings. The summed E-state index contributed by atoms with van der Waals surface area (Å²) in [4.78, 5) is 0. The molecule has 2 rings (SSSR count). The number of rotatable bonds is 0. The van der Waals surface area contributed by atoms with E-state index < -0.39 is 0 Å². The van der Waals surface area contributed by atoms with Crippen LogP contribution in [0.15, 0.2) is 55.6 Å². The van der Waals surface area contributed by atoms with E-state index in [0.29, 0.717) is 0 Å². The van der Waals surface area contributed by atoms with Crippen molar-refractivity contribution >= 4 is 11.4 Å². The van der Waals surface area contributed by atoms with Gasteiger partial charge in [0.2, 0.25) is 0 Å². The average Bonchev–Trinajstić information content (AvgIpc) is 2.41. The Labute approximate surface area is 116 Å². The second-order valence-electron chi connectivity index (χ2n) is 4.20. The normalized spacial score (nSPS) is 8.58. The van der Waals surface area contributed by atoms with Crippen molar-refractivity contribution in [3.8, 4) is 0 Å². The summed E-state index contributed by atoms with van der Waals surface area (Å²) in [5.41, 5.74) is 16.3. The first-order chi connectivity index (χ1) is 9.00. The number of hydrogen-bond donors (Lipinski definition) is 2. The third-order valence-electron chi connectivity index (χ3n) is 2.73. The van der Waals surface area contributed by atoms with Crippen molar-refractivity contribution in [3.05, 3.63) is 72.3 Å². The van der Waals surface area contributed by atoms with Crippen LogP contribution in [0.1, 0.15) is 16.7 Å². The van der Waals surface area contributed by atoms with Gasteiger partial charge in [0.15, 0.2) is 0 Å². The van der Waals surface area contributed by atoms with Gasteiger partial charge in [0.1, 0.15) is 0 Å². The molecule has 0 bridgehead atoms. The molecular formula is C17H24N2. The fourth-order valence-corrected chi connectivity index (χ4v) is 1.32. The first kappa shape index (κ1) is 16.8. The summed E-state index contributed by atoms with van der Waals surface area (Å²) < 4.78 is 0. The number of hydrogen-bond acceptors (Lipinski definition) is 2. The summed E-state index contributed by atoms with van der Waals surface area (Å²) in [6, 6.07) is 13.9. The molecule has 0 aliphatic heterocycles. The Morgan fingerprint density at radius 1 is 0.737 bits per heavy atom. The standard InChI is InChI=1S/C8H10.C7H10N2.C2H4/c1-7-5-3-4-6-8(7)2;1-5-2-3-6(8)4-7(5)9;1-2/h3-6H,1-2H3;2-4H,8-9H2,1H3;1-2H2. The minimum absolute atomic E-state index is 0.720. The van der Waals surface area contributed by atoms with E-state index in [1.54, 1.807) is 6.07 Å². The highest BCUT2D eigenvalue weighted by atomic mass is 14.6. The number of aryl methyl sites for hydroxylation is 3. The summed E-state index contributed by atoms with van der Waals surface area (Å²) in [7, 11) is 0. The van der Waals surface area contributed by atoms with Gasteiger partial charge in [-0.2, -0.15) is 0 Å². The monoisotopic (exact) mass is 256 g/mol. The molecule has 0 radical (unpaired) electrons. The van der Waals surface area contributed by atoms with E-state index in [0.717, 1.165) is 16.9 Å². The third-order valence-corrected chi connectivity index (χ3v) is 2.73. The lowest BCUT2D eigenvalue weighted by atomic mass is 10.1. The Hall–Kier alpha value is -2.22. The molecule has 0 aromatic heterocycles. The first-order valence-corrected chi connectivity index (χ1v) is 6.14. The van der Waals surface area contributed by atoms with Gasteiger partial charge in [-0.3, -0.25) is 0 Å². The number of nitrogen functional groups attached to an aromatic ring is 2. The third kappa shape index (κ3) is 6.32. The predicted octanol–water partition coefficient (Wildman–Crippen LogP) is 4.27. The van der Waals surface area contributed by atoms with Gasteiger partial charge < -0.3 is 11.5 Å². The highest BCUT2D eigenvalue weighted by Crippen LogP contribution is 2.13. The smallest absolute Gasteiger partial charge is 0.0364 e. The van der Waals surface area contributed by atoms with Gasteiger partial charge in [0.05, 0.1) is 0 Å². The molecule has 0 spiro atoms. The fraction of sp³-hybridized carbons (Fsp3) is 0.176. The van der Waals surface area contributed by atoms with Crippen molar-refractivity contribution < 1.29 is 0 Å². The Kier molecular flexibility index (Phi) is 7.78. The largest absolute Gasteiger partial charge is 0.399 e. The van der Waals surface area contributed by atoms with Crippen LogP contribution in [0, 0.1) is 20.8 Å². The maximum Gasteiger partial charge on any atom is 0.0364 e. The van der Waals surface area contributed by atoms with E-state index in [1.165, 1.54) is 11.1 Å². The molecular weight excluding hydrogens is 232 g/mol. The van der Waals surface area contributed by atoms with E-state index in [1.807, 2.05) is 19.1 Å². The molecule has 2 aromatic carbocycles. The molecule has 4 N–H and O–H groups in total. The molecule has 0 heterocycles. The van der Waals surface area contributed by atoms with E-state index in [2.05, 4.69) is 51.3 Å². The zero-order chi connectivity index (χ0) is 14.8.